The molecule has 8 heteroatoms. The standard InChI is InChI=1S/C27H21IN2O3S2/c1-2-33-20-13-15(12-19(28)25(20)31)14-22-26(32)30-24(21-8-5-11-34-21)18-10-9-16-6-3-4-7-17(16)23(18)29-27(30)35-22/h3-8,11-14,24,31H,2,9-10H2,1H3/b22-14-. The Hall–Kier alpha value is -2.69. The van der Waals surface area contributed by atoms with E-state index in [-0.39, 0.29) is 17.4 Å². The lowest BCUT2D eigenvalue weighted by atomic mass is 9.85. The van der Waals surface area contributed by atoms with Crippen molar-refractivity contribution in [1.29, 1.82) is 0 Å². The summed E-state index contributed by atoms with van der Waals surface area (Å²) in [4.78, 5) is 20.7. The van der Waals surface area contributed by atoms with Gasteiger partial charge in [0.05, 0.1) is 26.4 Å². The fourth-order valence-electron chi connectivity index (χ4n) is 4.81. The van der Waals surface area contributed by atoms with E-state index in [1.165, 1.54) is 28.0 Å². The first-order valence-electron chi connectivity index (χ1n) is 11.4. The van der Waals surface area contributed by atoms with Crippen molar-refractivity contribution in [3.05, 3.63) is 104 Å². The predicted octanol–water partition coefficient (Wildman–Crippen LogP) is 5.09. The van der Waals surface area contributed by atoms with Crippen LogP contribution < -0.4 is 19.6 Å². The molecule has 2 aromatic heterocycles. The van der Waals surface area contributed by atoms with Gasteiger partial charge in [0.2, 0.25) is 0 Å². The van der Waals surface area contributed by atoms with Crippen molar-refractivity contribution in [2.45, 2.75) is 25.8 Å². The van der Waals surface area contributed by atoms with Gasteiger partial charge >= 0.3 is 0 Å². The van der Waals surface area contributed by atoms with Crippen LogP contribution in [0.4, 0.5) is 0 Å². The van der Waals surface area contributed by atoms with E-state index in [4.69, 9.17) is 9.73 Å². The van der Waals surface area contributed by atoms with Crippen molar-refractivity contribution in [3.8, 4) is 11.5 Å². The van der Waals surface area contributed by atoms with E-state index in [0.717, 1.165) is 29.0 Å². The minimum Gasteiger partial charge on any atom is -0.504 e. The van der Waals surface area contributed by atoms with E-state index in [1.54, 1.807) is 17.4 Å². The second kappa shape index (κ2) is 9.07. The number of ether oxygens (including phenoxy) is 1. The molecule has 176 valence electrons. The van der Waals surface area contributed by atoms with E-state index in [1.807, 2.05) is 29.7 Å². The number of aromatic nitrogens is 1. The summed E-state index contributed by atoms with van der Waals surface area (Å²) in [5.41, 5.74) is 5.46. The number of nitrogens with zero attached hydrogens (tertiary/aromatic N) is 2. The number of hydrogen-bond acceptors (Lipinski definition) is 6. The number of halogens is 1. The highest BCUT2D eigenvalue weighted by Gasteiger charge is 2.33. The summed E-state index contributed by atoms with van der Waals surface area (Å²) >= 11 is 5.17. The molecule has 2 aliphatic rings. The van der Waals surface area contributed by atoms with Crippen LogP contribution in [0.1, 0.15) is 41.0 Å². The van der Waals surface area contributed by atoms with Gasteiger partial charge in [0.15, 0.2) is 16.3 Å². The monoisotopic (exact) mass is 612 g/mol. The Morgan fingerprint density at radius 2 is 2.09 bits per heavy atom. The fourth-order valence-corrected chi connectivity index (χ4v) is 7.29. The number of thiazole rings is 1. The molecule has 0 bridgehead atoms. The molecule has 3 heterocycles. The third kappa shape index (κ3) is 3.88. The summed E-state index contributed by atoms with van der Waals surface area (Å²) in [6.45, 7) is 2.32. The zero-order chi connectivity index (χ0) is 24.1. The van der Waals surface area contributed by atoms with Gasteiger partial charge in [0, 0.05) is 10.4 Å². The summed E-state index contributed by atoms with van der Waals surface area (Å²) in [7, 11) is 0. The maximum Gasteiger partial charge on any atom is 0.271 e. The maximum absolute atomic E-state index is 13.8. The summed E-state index contributed by atoms with van der Waals surface area (Å²) in [5, 5.41) is 12.4. The lowest BCUT2D eigenvalue weighted by molar-refractivity contribution is 0.317. The van der Waals surface area contributed by atoms with E-state index in [2.05, 4.69) is 58.3 Å². The zero-order valence-corrected chi connectivity index (χ0v) is 22.6. The van der Waals surface area contributed by atoms with Gasteiger partial charge in [-0.25, -0.2) is 4.99 Å². The number of benzene rings is 2. The van der Waals surface area contributed by atoms with Crippen LogP contribution in [0.3, 0.4) is 0 Å². The highest BCUT2D eigenvalue weighted by atomic mass is 127. The topological polar surface area (TPSA) is 63.8 Å². The number of phenolic OH excluding ortho intramolecular Hbond substituents is 1. The Balaban J connectivity index is 1.58. The van der Waals surface area contributed by atoms with Crippen molar-refractivity contribution >= 4 is 57.0 Å². The number of hydrogen-bond donors (Lipinski definition) is 1. The van der Waals surface area contributed by atoms with Gasteiger partial charge < -0.3 is 9.84 Å². The molecule has 1 unspecified atom stereocenters. The van der Waals surface area contributed by atoms with Gasteiger partial charge in [-0.05, 0) is 88.7 Å². The first-order valence-corrected chi connectivity index (χ1v) is 14.1. The number of aromatic hydroxyl groups is 1. The Morgan fingerprint density at radius 3 is 2.89 bits per heavy atom. The van der Waals surface area contributed by atoms with Crippen LogP contribution in [-0.2, 0) is 6.42 Å². The number of phenols is 1. The molecule has 1 aliphatic heterocycles. The molecule has 0 saturated carbocycles. The van der Waals surface area contributed by atoms with Crippen LogP contribution >= 0.6 is 45.3 Å². The van der Waals surface area contributed by atoms with Crippen molar-refractivity contribution < 1.29 is 9.84 Å². The number of thiophene rings is 1. The predicted molar refractivity (Wildman–Crippen MR) is 149 cm³/mol. The number of aryl methyl sites for hydroxylation is 1. The smallest absolute Gasteiger partial charge is 0.271 e. The zero-order valence-electron chi connectivity index (χ0n) is 18.8. The summed E-state index contributed by atoms with van der Waals surface area (Å²) in [6.07, 6.45) is 3.70. The van der Waals surface area contributed by atoms with Crippen molar-refractivity contribution in [3.63, 3.8) is 0 Å². The Kier molecular flexibility index (Phi) is 5.90. The molecule has 2 aromatic carbocycles. The summed E-state index contributed by atoms with van der Waals surface area (Å²) in [6, 6.07) is 16.1. The summed E-state index contributed by atoms with van der Waals surface area (Å²) in [5.74, 6) is 0.539. The number of allylic oxidation sites excluding steroid dienone is 1. The molecule has 35 heavy (non-hydrogen) atoms. The number of fused-ring (bicyclic) bond motifs is 3. The Morgan fingerprint density at radius 1 is 1.23 bits per heavy atom. The second-order valence-electron chi connectivity index (χ2n) is 8.41. The molecule has 1 aliphatic carbocycles. The average Bonchev–Trinajstić information content (AvgIpc) is 3.50. The van der Waals surface area contributed by atoms with Gasteiger partial charge in [-0.15, -0.1) is 11.3 Å². The van der Waals surface area contributed by atoms with Crippen LogP contribution in [0, 0.1) is 3.57 Å². The normalized spacial score (nSPS) is 17.0. The van der Waals surface area contributed by atoms with Gasteiger partial charge in [0.25, 0.3) is 5.56 Å². The van der Waals surface area contributed by atoms with E-state index in [9.17, 15) is 9.90 Å². The van der Waals surface area contributed by atoms with Gasteiger partial charge in [0.1, 0.15) is 0 Å². The van der Waals surface area contributed by atoms with E-state index in [0.29, 0.717) is 25.3 Å². The third-order valence-electron chi connectivity index (χ3n) is 6.33. The Labute approximate surface area is 223 Å². The quantitative estimate of drug-likeness (QED) is 0.327. The molecule has 0 saturated heterocycles. The molecule has 4 aromatic rings. The average molecular weight is 613 g/mol. The van der Waals surface area contributed by atoms with Gasteiger partial charge in [-0.1, -0.05) is 41.7 Å². The van der Waals surface area contributed by atoms with Crippen molar-refractivity contribution in [2.75, 3.05) is 6.61 Å². The molecule has 1 N–H and O–H groups in total. The third-order valence-corrected chi connectivity index (χ3v) is 9.06. The van der Waals surface area contributed by atoms with E-state index < -0.39 is 0 Å². The molecule has 0 spiro atoms. The highest BCUT2D eigenvalue weighted by Crippen LogP contribution is 2.42. The lowest BCUT2D eigenvalue weighted by Crippen LogP contribution is -2.38. The minimum atomic E-state index is -0.143. The maximum atomic E-state index is 13.8. The van der Waals surface area contributed by atoms with Crippen molar-refractivity contribution in [1.82, 2.24) is 4.57 Å². The van der Waals surface area contributed by atoms with Crippen LogP contribution in [0.2, 0.25) is 0 Å². The molecule has 1 atom stereocenters. The molecule has 6 rings (SSSR count). The SMILES string of the molecule is CCOc1cc(/C=c2\sc3n(c2=O)C(c2cccs2)C2=C(N=3)c3ccccc3CC2)cc(I)c1O. The molecule has 5 nitrogen and oxygen atoms in total. The first kappa shape index (κ1) is 22.8. The molecule has 0 amide bonds. The van der Waals surface area contributed by atoms with Crippen LogP contribution in [0.5, 0.6) is 11.5 Å². The fraction of sp³-hybridized carbons (Fsp3) is 0.185. The molecule has 0 fully saturated rings. The molecular weight excluding hydrogens is 591 g/mol. The summed E-state index contributed by atoms with van der Waals surface area (Å²) < 4.78 is 8.75. The second-order valence-corrected chi connectivity index (χ2v) is 11.6. The number of rotatable bonds is 4. The molecular formula is C27H21IN2O3S2. The largest absolute Gasteiger partial charge is 0.504 e. The minimum absolute atomic E-state index is 0.0430. The van der Waals surface area contributed by atoms with Crippen LogP contribution in [-0.4, -0.2) is 16.3 Å². The highest BCUT2D eigenvalue weighted by molar-refractivity contribution is 14.1. The van der Waals surface area contributed by atoms with Crippen LogP contribution in [0.15, 0.2) is 69.3 Å². The van der Waals surface area contributed by atoms with Gasteiger partial charge in [-0.2, -0.15) is 0 Å². The Bertz CT molecular complexity index is 1670. The lowest BCUT2D eigenvalue weighted by Gasteiger charge is -2.30. The molecule has 0 radical (unpaired) electrons. The van der Waals surface area contributed by atoms with Gasteiger partial charge in [-0.3, -0.25) is 9.36 Å². The first-order chi connectivity index (χ1) is 17.0. The van der Waals surface area contributed by atoms with Crippen molar-refractivity contribution in [2.24, 2.45) is 4.99 Å². The van der Waals surface area contributed by atoms with Crippen LogP contribution in [0.25, 0.3) is 11.8 Å². The van der Waals surface area contributed by atoms with E-state index >= 15 is 0 Å².